The molecule has 5 rings (SSSR count). The van der Waals surface area contributed by atoms with Gasteiger partial charge in [-0.15, -0.1) is 0 Å². The van der Waals surface area contributed by atoms with Gasteiger partial charge >= 0.3 is 0 Å². The molecule has 0 unspecified atom stereocenters. The van der Waals surface area contributed by atoms with E-state index >= 15 is 0 Å². The highest BCUT2D eigenvalue weighted by Gasteiger charge is 2.44. The van der Waals surface area contributed by atoms with Gasteiger partial charge in [-0.25, -0.2) is 4.99 Å². The van der Waals surface area contributed by atoms with Crippen LogP contribution in [0.1, 0.15) is 30.1 Å². The summed E-state index contributed by atoms with van der Waals surface area (Å²) in [6.07, 6.45) is 0.757. The van der Waals surface area contributed by atoms with Crippen LogP contribution >= 0.6 is 0 Å². The molecule has 1 fully saturated rings. The van der Waals surface area contributed by atoms with E-state index in [9.17, 15) is 9.59 Å². The van der Waals surface area contributed by atoms with Crippen LogP contribution in [0, 0.1) is 0 Å². The van der Waals surface area contributed by atoms with E-state index in [0.29, 0.717) is 18.9 Å². The summed E-state index contributed by atoms with van der Waals surface area (Å²) in [5.74, 6) is -0.254. The molecule has 1 saturated heterocycles. The van der Waals surface area contributed by atoms with Gasteiger partial charge < -0.3 is 15.4 Å². The molecule has 0 saturated carbocycles. The van der Waals surface area contributed by atoms with Crippen LogP contribution in [0.25, 0.3) is 10.8 Å². The van der Waals surface area contributed by atoms with Gasteiger partial charge in [0, 0.05) is 17.7 Å². The predicted molar refractivity (Wildman–Crippen MR) is 118 cm³/mol. The van der Waals surface area contributed by atoms with E-state index in [1.807, 2.05) is 72.8 Å². The number of ether oxygens (including phenoxy) is 1. The smallest absolute Gasteiger partial charge is 0.252 e. The number of primary amides is 1. The fraction of sp³-hybridized carbons (Fsp3) is 0.240. The Morgan fingerprint density at radius 2 is 1.71 bits per heavy atom. The van der Waals surface area contributed by atoms with Crippen LogP contribution in [-0.4, -0.2) is 41.2 Å². The Hall–Kier alpha value is -3.67. The first kappa shape index (κ1) is 19.3. The molecule has 156 valence electrons. The van der Waals surface area contributed by atoms with Gasteiger partial charge in [0.05, 0.1) is 0 Å². The van der Waals surface area contributed by atoms with Gasteiger partial charge in [0.15, 0.2) is 12.1 Å². The molecule has 2 heterocycles. The Morgan fingerprint density at radius 1 is 0.968 bits per heavy atom. The van der Waals surface area contributed by atoms with Gasteiger partial charge in [0.25, 0.3) is 5.91 Å². The summed E-state index contributed by atoms with van der Waals surface area (Å²) >= 11 is 0. The Bertz CT molecular complexity index is 1170. The second kappa shape index (κ2) is 7.87. The number of likely N-dealkylation sites (tertiary alicyclic amines) is 1. The lowest BCUT2D eigenvalue weighted by Gasteiger charge is -2.27. The molecular formula is C25H23N3O3. The maximum Gasteiger partial charge on any atom is 0.252 e. The second-order valence-electron chi connectivity index (χ2n) is 7.94. The molecule has 3 aromatic carbocycles. The number of hydrogen-bond acceptors (Lipinski definition) is 4. The number of benzene rings is 3. The standard InChI is InChI=1S/C25H23N3O3/c26-23(29)20-14-7-15-28(20)25(30)21-22(31-24(27-21)17-9-2-1-3-10-17)19-13-6-11-16-8-4-5-12-18(16)19/h1-6,8-13,20-22H,7,14-15H2,(H2,26,29)/t20-,21+,22-/m0/s1. The Balaban J connectivity index is 1.58. The van der Waals surface area contributed by atoms with E-state index in [4.69, 9.17) is 15.5 Å². The zero-order valence-corrected chi connectivity index (χ0v) is 17.0. The number of rotatable bonds is 4. The quantitative estimate of drug-likeness (QED) is 0.713. The minimum atomic E-state index is -0.777. The van der Waals surface area contributed by atoms with E-state index in [0.717, 1.165) is 28.3 Å². The van der Waals surface area contributed by atoms with E-state index in [1.54, 1.807) is 4.90 Å². The lowest BCUT2D eigenvalue weighted by molar-refractivity contribution is -0.139. The number of hydrogen-bond donors (Lipinski definition) is 1. The maximum atomic E-state index is 13.6. The minimum absolute atomic E-state index is 0.217. The van der Waals surface area contributed by atoms with E-state index in [1.165, 1.54) is 0 Å². The topological polar surface area (TPSA) is 85.0 Å². The van der Waals surface area contributed by atoms with Gasteiger partial charge in [0.1, 0.15) is 6.04 Å². The van der Waals surface area contributed by atoms with Crippen molar-refractivity contribution < 1.29 is 14.3 Å². The first-order chi connectivity index (χ1) is 15.1. The SMILES string of the molecule is NC(=O)[C@@H]1CCCN1C(=O)[C@@H]1N=C(c2ccccc2)O[C@H]1c1cccc2ccccc12. The number of carbonyl (C=O) groups excluding carboxylic acids is 2. The summed E-state index contributed by atoms with van der Waals surface area (Å²) in [7, 11) is 0. The van der Waals surface area contributed by atoms with Gasteiger partial charge in [-0.1, -0.05) is 60.7 Å². The highest BCUT2D eigenvalue weighted by Crippen LogP contribution is 2.37. The molecule has 0 radical (unpaired) electrons. The first-order valence-corrected chi connectivity index (χ1v) is 10.5. The van der Waals surface area contributed by atoms with Crippen LogP contribution in [0.5, 0.6) is 0 Å². The molecular weight excluding hydrogens is 390 g/mol. The average molecular weight is 413 g/mol. The lowest BCUT2D eigenvalue weighted by atomic mass is 9.95. The van der Waals surface area contributed by atoms with Crippen LogP contribution in [0.2, 0.25) is 0 Å². The Labute approximate surface area is 180 Å². The summed E-state index contributed by atoms with van der Waals surface area (Å²) in [4.78, 5) is 31.8. The monoisotopic (exact) mass is 413 g/mol. The molecule has 31 heavy (non-hydrogen) atoms. The molecule has 0 bridgehead atoms. The predicted octanol–water partition coefficient (Wildman–Crippen LogP) is 3.20. The van der Waals surface area contributed by atoms with Crippen molar-refractivity contribution in [3.63, 3.8) is 0 Å². The van der Waals surface area contributed by atoms with Crippen LogP contribution in [-0.2, 0) is 14.3 Å². The number of fused-ring (bicyclic) bond motifs is 1. The van der Waals surface area contributed by atoms with Crippen molar-refractivity contribution in [3.05, 3.63) is 83.9 Å². The zero-order valence-electron chi connectivity index (χ0n) is 17.0. The molecule has 6 heteroatoms. The lowest BCUT2D eigenvalue weighted by Crippen LogP contribution is -2.48. The normalized spacial score (nSPS) is 22.9. The average Bonchev–Trinajstić information content (AvgIpc) is 3.47. The van der Waals surface area contributed by atoms with Crippen molar-refractivity contribution in [1.29, 1.82) is 0 Å². The van der Waals surface area contributed by atoms with Gasteiger partial charge in [0.2, 0.25) is 11.8 Å². The zero-order chi connectivity index (χ0) is 21.4. The van der Waals surface area contributed by atoms with E-state index < -0.39 is 24.1 Å². The Kier molecular flexibility index (Phi) is 4.90. The number of nitrogens with two attached hydrogens (primary N) is 1. The van der Waals surface area contributed by atoms with Gasteiger partial charge in [-0.05, 0) is 35.7 Å². The van der Waals surface area contributed by atoms with Crippen molar-refractivity contribution >= 4 is 28.5 Å². The molecule has 2 N–H and O–H groups in total. The number of nitrogens with zero attached hydrogens (tertiary/aromatic N) is 2. The van der Waals surface area contributed by atoms with Crippen molar-refractivity contribution in [2.45, 2.75) is 31.0 Å². The molecule has 2 amide bonds. The summed E-state index contributed by atoms with van der Waals surface area (Å²) in [5.41, 5.74) is 7.28. The third-order valence-corrected chi connectivity index (χ3v) is 6.05. The highest BCUT2D eigenvalue weighted by molar-refractivity contribution is 6.00. The summed E-state index contributed by atoms with van der Waals surface area (Å²) < 4.78 is 6.32. The molecule has 0 spiro atoms. The highest BCUT2D eigenvalue weighted by atomic mass is 16.5. The summed E-state index contributed by atoms with van der Waals surface area (Å²) in [6.45, 7) is 0.501. The Morgan fingerprint density at radius 3 is 2.52 bits per heavy atom. The number of aliphatic imine (C=N–C) groups is 1. The molecule has 3 aromatic rings. The molecule has 3 atom stereocenters. The largest absolute Gasteiger partial charge is 0.466 e. The van der Waals surface area contributed by atoms with Crippen molar-refractivity contribution in [2.24, 2.45) is 10.7 Å². The molecule has 2 aliphatic heterocycles. The fourth-order valence-corrected chi connectivity index (χ4v) is 4.55. The molecule has 0 aliphatic carbocycles. The summed E-state index contributed by atoms with van der Waals surface area (Å²) in [5, 5.41) is 2.09. The summed E-state index contributed by atoms with van der Waals surface area (Å²) in [6, 6.07) is 22.2. The van der Waals surface area contributed by atoms with Crippen LogP contribution < -0.4 is 5.73 Å². The third-order valence-electron chi connectivity index (χ3n) is 6.05. The number of amides is 2. The number of carbonyl (C=O) groups is 2. The maximum absolute atomic E-state index is 13.6. The fourth-order valence-electron chi connectivity index (χ4n) is 4.55. The van der Waals surface area contributed by atoms with Crippen molar-refractivity contribution in [1.82, 2.24) is 4.90 Å². The van der Waals surface area contributed by atoms with E-state index in [-0.39, 0.29) is 5.91 Å². The van der Waals surface area contributed by atoms with Crippen molar-refractivity contribution in [2.75, 3.05) is 6.54 Å². The first-order valence-electron chi connectivity index (χ1n) is 10.5. The molecule has 6 nitrogen and oxygen atoms in total. The van der Waals surface area contributed by atoms with Crippen LogP contribution in [0.3, 0.4) is 0 Å². The molecule has 2 aliphatic rings. The minimum Gasteiger partial charge on any atom is -0.466 e. The third kappa shape index (κ3) is 3.44. The van der Waals surface area contributed by atoms with E-state index in [2.05, 4.69) is 0 Å². The van der Waals surface area contributed by atoms with Gasteiger partial charge in [-0.3, -0.25) is 9.59 Å². The second-order valence-corrected chi connectivity index (χ2v) is 7.94. The van der Waals surface area contributed by atoms with Crippen LogP contribution in [0.4, 0.5) is 0 Å². The van der Waals surface area contributed by atoms with Crippen LogP contribution in [0.15, 0.2) is 77.8 Å². The van der Waals surface area contributed by atoms with Crippen molar-refractivity contribution in [3.8, 4) is 0 Å². The van der Waals surface area contributed by atoms with Gasteiger partial charge in [-0.2, -0.15) is 0 Å². The molecule has 0 aromatic heterocycles.